The molecule has 2 aromatic heterocycles. The lowest BCUT2D eigenvalue weighted by molar-refractivity contribution is -0.131. The van der Waals surface area contributed by atoms with Crippen molar-refractivity contribution in [2.45, 2.75) is 12.8 Å². The normalized spacial score (nSPS) is 11.1. The molecule has 1 amide bonds. The Balaban J connectivity index is 1.83. The van der Waals surface area contributed by atoms with Crippen molar-refractivity contribution in [1.29, 1.82) is 0 Å². The minimum atomic E-state index is -1.09. The summed E-state index contributed by atoms with van der Waals surface area (Å²) >= 11 is 0. The third-order valence-electron chi connectivity index (χ3n) is 5.60. The molecule has 0 spiro atoms. The molecule has 2 heterocycles. The number of aliphatic carboxylic acids is 1. The van der Waals surface area contributed by atoms with Gasteiger partial charge in [-0.1, -0.05) is 36.4 Å². The minimum absolute atomic E-state index is 0.142. The molecule has 0 aliphatic rings. The van der Waals surface area contributed by atoms with Crippen molar-refractivity contribution < 1.29 is 25.0 Å². The summed E-state index contributed by atoms with van der Waals surface area (Å²) < 4.78 is 0. The summed E-state index contributed by atoms with van der Waals surface area (Å²) in [6.45, 7) is 0.142. The van der Waals surface area contributed by atoms with E-state index in [0.717, 1.165) is 29.2 Å². The number of amides is 1. The van der Waals surface area contributed by atoms with Crippen LogP contribution in [-0.2, 0) is 11.2 Å². The predicted octanol–water partition coefficient (Wildman–Crippen LogP) is 4.11. The number of carbonyl (C=O) groups excluding carboxylic acids is 1. The lowest BCUT2D eigenvalue weighted by Crippen LogP contribution is -2.19. The van der Waals surface area contributed by atoms with Gasteiger partial charge in [0.15, 0.2) is 0 Å². The van der Waals surface area contributed by atoms with Gasteiger partial charge >= 0.3 is 5.97 Å². The summed E-state index contributed by atoms with van der Waals surface area (Å²) in [4.78, 5) is 32.3. The van der Waals surface area contributed by atoms with E-state index in [4.69, 9.17) is 5.11 Å². The van der Waals surface area contributed by atoms with Crippen LogP contribution in [0.3, 0.4) is 0 Å². The van der Waals surface area contributed by atoms with Gasteiger partial charge in [0.05, 0.1) is 16.8 Å². The maximum Gasteiger partial charge on any atom is 0.328 e. The Morgan fingerprint density at radius 3 is 2.49 bits per heavy atom. The first kappa shape index (κ1) is 23.7. The first-order chi connectivity index (χ1) is 17.0. The fraction of sp³-hybridized carbons (Fsp3) is 0.111. The van der Waals surface area contributed by atoms with E-state index in [0.29, 0.717) is 34.1 Å². The van der Waals surface area contributed by atoms with Gasteiger partial charge in [-0.15, -0.1) is 0 Å². The zero-order valence-corrected chi connectivity index (χ0v) is 18.7. The molecule has 4 aromatic rings. The van der Waals surface area contributed by atoms with E-state index in [9.17, 15) is 19.9 Å². The highest BCUT2D eigenvalue weighted by atomic mass is 16.5. The molecule has 0 radical (unpaired) electrons. The van der Waals surface area contributed by atoms with Crippen LogP contribution in [0.1, 0.15) is 27.9 Å². The van der Waals surface area contributed by atoms with Gasteiger partial charge in [0.25, 0.3) is 5.91 Å². The summed E-state index contributed by atoms with van der Waals surface area (Å²) in [5.41, 5.74) is 6.97. The van der Waals surface area contributed by atoms with Crippen LogP contribution in [0.25, 0.3) is 39.4 Å². The molecule has 0 bridgehead atoms. The highest BCUT2D eigenvalue weighted by molar-refractivity contribution is 6.06. The van der Waals surface area contributed by atoms with Crippen LogP contribution in [0.2, 0.25) is 0 Å². The molecule has 176 valence electrons. The molecule has 4 N–H and O–H groups in total. The van der Waals surface area contributed by atoms with Crippen molar-refractivity contribution in [2.24, 2.45) is 0 Å². The monoisotopic (exact) mass is 469 g/mol. The van der Waals surface area contributed by atoms with Crippen molar-refractivity contribution >= 4 is 28.9 Å². The van der Waals surface area contributed by atoms with Gasteiger partial charge in [0.1, 0.15) is 0 Å². The quantitative estimate of drug-likeness (QED) is 0.173. The van der Waals surface area contributed by atoms with Crippen molar-refractivity contribution in [3.63, 3.8) is 0 Å². The second-order valence-corrected chi connectivity index (χ2v) is 7.89. The smallest absolute Gasteiger partial charge is 0.328 e. The number of rotatable bonds is 8. The van der Waals surface area contributed by atoms with Crippen molar-refractivity contribution in [2.75, 3.05) is 6.61 Å². The Hall–Kier alpha value is -4.40. The Morgan fingerprint density at radius 1 is 1.00 bits per heavy atom. The number of carboxylic acids is 1. The van der Waals surface area contributed by atoms with E-state index in [1.807, 2.05) is 42.5 Å². The number of aliphatic hydroxyl groups excluding tert-OH is 1. The average Bonchev–Trinajstić information content (AvgIpc) is 2.89. The van der Waals surface area contributed by atoms with Crippen LogP contribution < -0.4 is 5.48 Å². The zero-order chi connectivity index (χ0) is 24.8. The van der Waals surface area contributed by atoms with Crippen molar-refractivity contribution in [3.05, 3.63) is 89.8 Å². The fourth-order valence-corrected chi connectivity index (χ4v) is 3.88. The first-order valence-corrected chi connectivity index (χ1v) is 10.9. The molecule has 2 aromatic carbocycles. The Morgan fingerprint density at radius 2 is 1.77 bits per heavy atom. The largest absolute Gasteiger partial charge is 0.478 e. The van der Waals surface area contributed by atoms with Crippen LogP contribution >= 0.6 is 0 Å². The number of nitrogens with one attached hydrogen (secondary N) is 1. The second-order valence-electron chi connectivity index (χ2n) is 7.89. The van der Waals surface area contributed by atoms with Gasteiger partial charge in [-0.2, -0.15) is 0 Å². The maximum atomic E-state index is 12.3. The van der Waals surface area contributed by atoms with E-state index in [1.165, 1.54) is 12.3 Å². The molecule has 0 saturated heterocycles. The second kappa shape index (κ2) is 10.7. The van der Waals surface area contributed by atoms with Gasteiger partial charge in [-0.25, -0.2) is 15.3 Å². The van der Waals surface area contributed by atoms with Gasteiger partial charge in [0.2, 0.25) is 0 Å². The average molecular weight is 469 g/mol. The summed E-state index contributed by atoms with van der Waals surface area (Å²) in [7, 11) is 0. The van der Waals surface area contributed by atoms with Crippen molar-refractivity contribution in [1.82, 2.24) is 15.4 Å². The van der Waals surface area contributed by atoms with Gasteiger partial charge < -0.3 is 10.2 Å². The summed E-state index contributed by atoms with van der Waals surface area (Å²) in [6.07, 6.45) is 7.07. The number of aryl methyl sites for hydroxylation is 1. The van der Waals surface area contributed by atoms with Crippen molar-refractivity contribution in [3.8, 4) is 22.4 Å². The van der Waals surface area contributed by atoms with Gasteiger partial charge in [0, 0.05) is 36.0 Å². The number of carboxylic acid groups (broad SMARTS) is 1. The predicted molar refractivity (Wildman–Crippen MR) is 132 cm³/mol. The number of carbonyl (C=O) groups is 2. The third kappa shape index (κ3) is 5.40. The van der Waals surface area contributed by atoms with Crippen LogP contribution in [0.4, 0.5) is 0 Å². The molecular weight excluding hydrogens is 446 g/mol. The number of pyridine rings is 2. The molecule has 0 aliphatic carbocycles. The van der Waals surface area contributed by atoms with E-state index in [1.54, 1.807) is 23.8 Å². The van der Waals surface area contributed by atoms with E-state index in [2.05, 4.69) is 9.97 Å². The number of hydroxylamine groups is 1. The Kier molecular flexibility index (Phi) is 7.25. The molecular formula is C27H23N3O5. The van der Waals surface area contributed by atoms with E-state index < -0.39 is 11.9 Å². The third-order valence-corrected chi connectivity index (χ3v) is 5.60. The molecule has 0 aliphatic heterocycles. The lowest BCUT2D eigenvalue weighted by atomic mass is 9.95. The molecule has 35 heavy (non-hydrogen) atoms. The zero-order valence-electron chi connectivity index (χ0n) is 18.7. The van der Waals surface area contributed by atoms with E-state index >= 15 is 0 Å². The van der Waals surface area contributed by atoms with Crippen LogP contribution in [0.15, 0.2) is 73.1 Å². The fourth-order valence-electron chi connectivity index (χ4n) is 3.88. The SMILES string of the molecule is O=C(O)/C=C/c1cc(-c2ccc(CCCO)cc2)ccc1-c1cc(C(=O)NO)c2cnccc2n1. The summed E-state index contributed by atoms with van der Waals surface area (Å²) in [5.74, 6) is -1.79. The number of nitrogens with zero attached hydrogens (tertiary/aromatic N) is 2. The molecule has 0 unspecified atom stereocenters. The summed E-state index contributed by atoms with van der Waals surface area (Å²) in [5, 5.41) is 27.9. The highest BCUT2D eigenvalue weighted by Gasteiger charge is 2.16. The molecule has 8 nitrogen and oxygen atoms in total. The summed E-state index contributed by atoms with van der Waals surface area (Å²) in [6, 6.07) is 16.8. The number of aliphatic hydroxyl groups is 1. The lowest BCUT2D eigenvalue weighted by Gasteiger charge is -2.12. The van der Waals surface area contributed by atoms with Gasteiger partial charge in [-0.3, -0.25) is 15.0 Å². The van der Waals surface area contributed by atoms with Crippen LogP contribution in [0.5, 0.6) is 0 Å². The minimum Gasteiger partial charge on any atom is -0.478 e. The standard InChI is InChI=1S/C27H23N3O5/c31-13-1-2-17-3-5-18(6-4-17)19-7-9-21(20(14-19)8-10-26(32)33)25-15-22(27(34)30-35)23-16-28-12-11-24(23)29-25/h3-12,14-16,31,35H,1-2,13H2,(H,30,34)(H,32,33)/b10-8+. The molecule has 8 heteroatoms. The van der Waals surface area contributed by atoms with Crippen LogP contribution in [-0.4, -0.2) is 43.9 Å². The maximum absolute atomic E-state index is 12.3. The molecule has 4 rings (SSSR count). The molecule has 0 saturated carbocycles. The number of aromatic nitrogens is 2. The number of hydrogen-bond donors (Lipinski definition) is 4. The molecule has 0 fully saturated rings. The van der Waals surface area contributed by atoms with Gasteiger partial charge in [-0.05, 0) is 59.4 Å². The number of hydrogen-bond acceptors (Lipinski definition) is 6. The number of benzene rings is 2. The highest BCUT2D eigenvalue weighted by Crippen LogP contribution is 2.31. The van der Waals surface area contributed by atoms with E-state index in [-0.39, 0.29) is 12.2 Å². The topological polar surface area (TPSA) is 133 Å². The first-order valence-electron chi connectivity index (χ1n) is 10.9. The Labute approximate surface area is 201 Å². The van der Waals surface area contributed by atoms with Crippen LogP contribution in [0, 0.1) is 0 Å². The Bertz CT molecular complexity index is 1410. The molecule has 0 atom stereocenters. The number of fused-ring (bicyclic) bond motifs is 1.